The van der Waals surface area contributed by atoms with E-state index in [1.165, 1.54) is 24.2 Å². The fourth-order valence-electron chi connectivity index (χ4n) is 7.72. The summed E-state index contributed by atoms with van der Waals surface area (Å²) in [5.41, 5.74) is 0.777. The van der Waals surface area contributed by atoms with Crippen LogP contribution in [0, 0.1) is 23.2 Å². The lowest BCUT2D eigenvalue weighted by Gasteiger charge is -2.56. The molecule has 7 rings (SSSR count). The van der Waals surface area contributed by atoms with Crippen LogP contribution in [0.2, 0.25) is 0 Å². The van der Waals surface area contributed by atoms with Gasteiger partial charge in [-0.2, -0.15) is 0 Å². The van der Waals surface area contributed by atoms with Crippen LogP contribution >= 0.6 is 0 Å². The van der Waals surface area contributed by atoms with Gasteiger partial charge in [0.15, 0.2) is 5.78 Å². The molecule has 5 aliphatic carbocycles. The van der Waals surface area contributed by atoms with Crippen molar-refractivity contribution in [3.05, 3.63) is 35.4 Å². The van der Waals surface area contributed by atoms with Crippen LogP contribution in [0.3, 0.4) is 0 Å². The van der Waals surface area contributed by atoms with Crippen molar-refractivity contribution in [2.24, 2.45) is 23.2 Å². The molecule has 0 unspecified atom stereocenters. The standard InChI is InChI=1S/C24H28N2O3/c27-20(23-11-15-8-16(12-23)10-17(9-15)13-23)14-26-21(28)24(25-22(26)29)7-3-5-18-4-1-2-6-19(18)24/h1-2,4,6,15-17H,3,5,7-14H2,(H,25,29)/t15?,16?,17?,23?,24-/m1/s1. The second-order valence-corrected chi connectivity index (χ2v) is 10.4. The smallest absolute Gasteiger partial charge is 0.319 e. The number of carbonyl (C=O) groups excluding carboxylic acids is 3. The number of rotatable bonds is 3. The van der Waals surface area contributed by atoms with Gasteiger partial charge in [-0.05, 0) is 86.7 Å². The van der Waals surface area contributed by atoms with E-state index in [-0.39, 0.29) is 23.7 Å². The molecule has 1 heterocycles. The number of fused-ring (bicyclic) bond motifs is 2. The summed E-state index contributed by atoms with van der Waals surface area (Å²) >= 11 is 0. The van der Waals surface area contributed by atoms with Gasteiger partial charge in [0, 0.05) is 5.41 Å². The van der Waals surface area contributed by atoms with Gasteiger partial charge in [-0.15, -0.1) is 0 Å². The number of benzene rings is 1. The first-order chi connectivity index (χ1) is 14.0. The minimum atomic E-state index is -0.978. The van der Waals surface area contributed by atoms with E-state index in [4.69, 9.17) is 0 Å². The molecular weight excluding hydrogens is 364 g/mol. The lowest BCUT2D eigenvalue weighted by Crippen LogP contribution is -2.53. The highest BCUT2D eigenvalue weighted by molar-refractivity contribution is 6.10. The third kappa shape index (κ3) is 2.42. The number of nitrogens with one attached hydrogen (secondary N) is 1. The summed E-state index contributed by atoms with van der Waals surface area (Å²) in [4.78, 5) is 41.1. The number of hydrogen-bond donors (Lipinski definition) is 1. The summed E-state index contributed by atoms with van der Waals surface area (Å²) < 4.78 is 0. The van der Waals surface area contributed by atoms with Gasteiger partial charge in [-0.1, -0.05) is 24.3 Å². The average Bonchev–Trinajstić information content (AvgIpc) is 2.92. The van der Waals surface area contributed by atoms with Crippen molar-refractivity contribution in [1.29, 1.82) is 0 Å². The van der Waals surface area contributed by atoms with Crippen LogP contribution in [0.4, 0.5) is 4.79 Å². The van der Waals surface area contributed by atoms with Crippen molar-refractivity contribution in [1.82, 2.24) is 10.2 Å². The third-order valence-electron chi connectivity index (χ3n) is 8.58. The first-order valence-corrected chi connectivity index (χ1v) is 11.2. The van der Waals surface area contributed by atoms with E-state index in [0.717, 1.165) is 43.2 Å². The number of ketones is 1. The quantitative estimate of drug-likeness (QED) is 0.800. The van der Waals surface area contributed by atoms with E-state index in [2.05, 4.69) is 5.32 Å². The van der Waals surface area contributed by atoms with Crippen LogP contribution in [0.15, 0.2) is 24.3 Å². The summed E-state index contributed by atoms with van der Waals surface area (Å²) in [6.07, 6.45) is 9.12. The second-order valence-electron chi connectivity index (χ2n) is 10.4. The van der Waals surface area contributed by atoms with Gasteiger partial charge in [0.25, 0.3) is 5.91 Å². The zero-order chi connectivity index (χ0) is 19.8. The monoisotopic (exact) mass is 392 g/mol. The zero-order valence-corrected chi connectivity index (χ0v) is 16.8. The van der Waals surface area contributed by atoms with E-state index in [1.54, 1.807) is 0 Å². The topological polar surface area (TPSA) is 66.5 Å². The molecule has 4 saturated carbocycles. The molecule has 0 radical (unpaired) electrons. The molecule has 152 valence electrons. The molecule has 3 amide bonds. The number of carbonyl (C=O) groups is 3. The maximum Gasteiger partial charge on any atom is 0.325 e. The summed E-state index contributed by atoms with van der Waals surface area (Å²) in [6.45, 7) is -0.0548. The lowest BCUT2D eigenvalue weighted by molar-refractivity contribution is -0.147. The van der Waals surface area contributed by atoms with E-state index < -0.39 is 11.6 Å². The fraction of sp³-hybridized carbons (Fsp3) is 0.625. The molecule has 29 heavy (non-hydrogen) atoms. The summed E-state index contributed by atoms with van der Waals surface area (Å²) in [6, 6.07) is 7.50. The summed E-state index contributed by atoms with van der Waals surface area (Å²) in [5.74, 6) is 1.91. The van der Waals surface area contributed by atoms with Crippen LogP contribution in [-0.2, 0) is 21.5 Å². The average molecular weight is 392 g/mol. The van der Waals surface area contributed by atoms with Crippen LogP contribution in [0.5, 0.6) is 0 Å². The molecule has 1 spiro atoms. The Bertz CT molecular complexity index is 887. The van der Waals surface area contributed by atoms with E-state index in [1.807, 2.05) is 24.3 Å². The Kier molecular flexibility index (Phi) is 3.61. The van der Waals surface area contributed by atoms with Crippen LogP contribution in [-0.4, -0.2) is 29.2 Å². The second kappa shape index (κ2) is 5.93. The summed E-state index contributed by atoms with van der Waals surface area (Å²) in [5, 5.41) is 2.99. The molecule has 1 saturated heterocycles. The highest BCUT2D eigenvalue weighted by Crippen LogP contribution is 2.60. The van der Waals surface area contributed by atoms with Crippen molar-refractivity contribution in [3.8, 4) is 0 Å². The van der Waals surface area contributed by atoms with Crippen molar-refractivity contribution >= 4 is 17.7 Å². The van der Waals surface area contributed by atoms with Gasteiger partial charge in [-0.3, -0.25) is 14.5 Å². The lowest BCUT2D eigenvalue weighted by atomic mass is 9.48. The predicted molar refractivity (Wildman–Crippen MR) is 107 cm³/mol. The van der Waals surface area contributed by atoms with Crippen molar-refractivity contribution in [2.45, 2.75) is 63.3 Å². The van der Waals surface area contributed by atoms with Crippen LogP contribution in [0.1, 0.15) is 62.5 Å². The summed E-state index contributed by atoms with van der Waals surface area (Å²) in [7, 11) is 0. The molecule has 6 aliphatic rings. The van der Waals surface area contributed by atoms with Crippen LogP contribution < -0.4 is 5.32 Å². The third-order valence-corrected chi connectivity index (χ3v) is 8.58. The highest BCUT2D eigenvalue weighted by atomic mass is 16.2. The van der Waals surface area contributed by atoms with Gasteiger partial charge in [0.2, 0.25) is 0 Å². The molecule has 5 heteroatoms. The van der Waals surface area contributed by atoms with Gasteiger partial charge in [-0.25, -0.2) is 4.79 Å². The molecule has 1 atom stereocenters. The molecular formula is C24H28N2O3. The maximum atomic E-state index is 13.5. The molecule has 4 bridgehead atoms. The molecule has 1 N–H and O–H groups in total. The molecule has 1 aliphatic heterocycles. The van der Waals surface area contributed by atoms with E-state index in [0.29, 0.717) is 24.2 Å². The molecule has 0 aromatic heterocycles. The minimum Gasteiger partial charge on any atom is -0.319 e. The Labute approximate surface area is 171 Å². The number of amides is 3. The fourth-order valence-corrected chi connectivity index (χ4v) is 7.72. The predicted octanol–water partition coefficient (Wildman–Crippen LogP) is 3.56. The SMILES string of the molecule is O=C1N[C@@]2(CCCc3ccccc32)C(=O)N1CC(=O)C12CC3CC(CC(C3)C1)C2. The Morgan fingerprint density at radius 1 is 1.03 bits per heavy atom. The molecule has 1 aromatic carbocycles. The van der Waals surface area contributed by atoms with Crippen molar-refractivity contribution in [3.63, 3.8) is 0 Å². The first-order valence-electron chi connectivity index (χ1n) is 11.2. The van der Waals surface area contributed by atoms with Crippen molar-refractivity contribution in [2.75, 3.05) is 6.54 Å². The van der Waals surface area contributed by atoms with E-state index >= 15 is 0 Å². The van der Waals surface area contributed by atoms with Crippen LogP contribution in [0.25, 0.3) is 0 Å². The first kappa shape index (κ1) is 17.7. The number of nitrogens with zero attached hydrogens (tertiary/aromatic N) is 1. The van der Waals surface area contributed by atoms with Gasteiger partial charge >= 0.3 is 6.03 Å². The van der Waals surface area contributed by atoms with Crippen molar-refractivity contribution < 1.29 is 14.4 Å². The molecule has 1 aromatic rings. The normalized spacial score (nSPS) is 39.7. The molecule has 5 fully saturated rings. The minimum absolute atomic E-state index is 0.0548. The van der Waals surface area contributed by atoms with E-state index in [9.17, 15) is 14.4 Å². The van der Waals surface area contributed by atoms with Gasteiger partial charge < -0.3 is 5.32 Å². The Hall–Kier alpha value is -2.17. The molecule has 5 nitrogen and oxygen atoms in total. The van der Waals surface area contributed by atoms with Gasteiger partial charge in [0.05, 0.1) is 6.54 Å². The zero-order valence-electron chi connectivity index (χ0n) is 16.8. The number of urea groups is 1. The number of imide groups is 1. The highest BCUT2D eigenvalue weighted by Gasteiger charge is 2.58. The van der Waals surface area contributed by atoms with Gasteiger partial charge in [0.1, 0.15) is 5.54 Å². The Morgan fingerprint density at radius 3 is 2.38 bits per heavy atom. The Balaban J connectivity index is 1.28. The number of Topliss-reactive ketones (excluding diaryl/α,β-unsaturated/α-hetero) is 1. The maximum absolute atomic E-state index is 13.5. The number of hydrogen-bond acceptors (Lipinski definition) is 3. The Morgan fingerprint density at radius 2 is 1.69 bits per heavy atom. The number of aryl methyl sites for hydroxylation is 1. The largest absolute Gasteiger partial charge is 0.325 e.